The van der Waals surface area contributed by atoms with Crippen LogP contribution >= 0.6 is 0 Å². The first-order valence-electron chi connectivity index (χ1n) is 5.65. The molecule has 0 radical (unpaired) electrons. The maximum Gasteiger partial charge on any atom is 0.141 e. The molecule has 0 bridgehead atoms. The van der Waals surface area contributed by atoms with Crippen LogP contribution in [0.15, 0.2) is 48.8 Å². The number of nitrogens with zero attached hydrogens (tertiary/aromatic N) is 2. The summed E-state index contributed by atoms with van der Waals surface area (Å²) in [5.74, 6) is 0.691. The van der Waals surface area contributed by atoms with Gasteiger partial charge in [0.1, 0.15) is 11.4 Å². The number of imidazole rings is 1. The van der Waals surface area contributed by atoms with Gasteiger partial charge in [-0.3, -0.25) is 4.40 Å². The van der Waals surface area contributed by atoms with Crippen LogP contribution in [0, 0.1) is 0 Å². The third-order valence-electron chi connectivity index (χ3n) is 2.95. The van der Waals surface area contributed by atoms with Gasteiger partial charge in [-0.05, 0) is 30.3 Å². The van der Waals surface area contributed by atoms with Crippen LogP contribution < -0.4 is 10.5 Å². The van der Waals surface area contributed by atoms with E-state index in [0.717, 1.165) is 16.9 Å². The number of hydrogen-bond donors (Lipinski definition) is 1. The summed E-state index contributed by atoms with van der Waals surface area (Å²) in [6.07, 6.45) is 3.72. The lowest BCUT2D eigenvalue weighted by Crippen LogP contribution is -1.95. The number of hydrogen-bond acceptors (Lipinski definition) is 3. The average Bonchev–Trinajstić information content (AvgIpc) is 2.86. The van der Waals surface area contributed by atoms with Crippen LogP contribution in [0.2, 0.25) is 0 Å². The van der Waals surface area contributed by atoms with E-state index in [9.17, 15) is 0 Å². The Morgan fingerprint density at radius 1 is 1.22 bits per heavy atom. The second-order valence-electron chi connectivity index (χ2n) is 4.02. The van der Waals surface area contributed by atoms with Gasteiger partial charge in [-0.2, -0.15) is 0 Å². The molecule has 4 nitrogen and oxygen atoms in total. The lowest BCUT2D eigenvalue weighted by atomic mass is 10.1. The maximum absolute atomic E-state index is 5.94. The van der Waals surface area contributed by atoms with Crippen molar-refractivity contribution in [3.63, 3.8) is 0 Å². The Balaban J connectivity index is 2.20. The molecule has 2 aromatic heterocycles. The minimum absolute atomic E-state index is 0.632. The Morgan fingerprint density at radius 2 is 2.11 bits per heavy atom. The number of aromatic nitrogens is 2. The van der Waals surface area contributed by atoms with E-state index in [1.165, 1.54) is 0 Å². The number of pyridine rings is 1. The highest BCUT2D eigenvalue weighted by Gasteiger charge is 2.06. The normalized spacial score (nSPS) is 10.7. The van der Waals surface area contributed by atoms with Crippen molar-refractivity contribution in [2.75, 3.05) is 12.8 Å². The third-order valence-corrected chi connectivity index (χ3v) is 2.95. The predicted octanol–water partition coefficient (Wildman–Crippen LogP) is 2.59. The summed E-state index contributed by atoms with van der Waals surface area (Å²) in [7, 11) is 1.61. The second-order valence-corrected chi connectivity index (χ2v) is 4.02. The molecule has 0 fully saturated rings. The van der Waals surface area contributed by atoms with E-state index in [0.29, 0.717) is 11.4 Å². The first-order valence-corrected chi connectivity index (χ1v) is 5.65. The van der Waals surface area contributed by atoms with Gasteiger partial charge in [-0.15, -0.1) is 0 Å². The van der Waals surface area contributed by atoms with E-state index in [4.69, 9.17) is 10.5 Å². The predicted molar refractivity (Wildman–Crippen MR) is 71.6 cm³/mol. The molecule has 0 saturated heterocycles. The summed E-state index contributed by atoms with van der Waals surface area (Å²) in [5.41, 5.74) is 9.58. The Hall–Kier alpha value is -2.49. The Bertz CT molecular complexity index is 703. The first kappa shape index (κ1) is 10.7. The minimum Gasteiger partial charge on any atom is -0.495 e. The quantitative estimate of drug-likeness (QED) is 0.699. The summed E-state index contributed by atoms with van der Waals surface area (Å²) in [6, 6.07) is 11.8. The number of rotatable bonds is 2. The first-order chi connectivity index (χ1) is 8.79. The fraction of sp³-hybridized carbons (Fsp3) is 0.0714. The van der Waals surface area contributed by atoms with Gasteiger partial charge in [0.2, 0.25) is 0 Å². The Labute approximate surface area is 105 Å². The molecule has 90 valence electrons. The smallest absolute Gasteiger partial charge is 0.141 e. The standard InChI is InChI=1S/C14H13N3O/c1-18-13-6-5-10(9-11(13)15)12-3-2-4-14-16-7-8-17(12)14/h2-9H,15H2,1H3. The number of anilines is 1. The van der Waals surface area contributed by atoms with E-state index < -0.39 is 0 Å². The van der Waals surface area contributed by atoms with Crippen molar-refractivity contribution >= 4 is 11.3 Å². The molecule has 0 saturated carbocycles. The SMILES string of the molecule is COc1ccc(-c2cccc3nccn23)cc1N. The monoisotopic (exact) mass is 239 g/mol. The Kier molecular flexibility index (Phi) is 2.41. The van der Waals surface area contributed by atoms with Gasteiger partial charge in [0, 0.05) is 18.0 Å². The van der Waals surface area contributed by atoms with E-state index in [1.807, 2.05) is 47.0 Å². The molecule has 2 heterocycles. The molecule has 2 N–H and O–H groups in total. The molecule has 3 rings (SSSR count). The molecule has 3 aromatic rings. The molecule has 4 heteroatoms. The molecule has 1 aromatic carbocycles. The van der Waals surface area contributed by atoms with Gasteiger partial charge in [-0.25, -0.2) is 4.98 Å². The van der Waals surface area contributed by atoms with Crippen LogP contribution in [0.1, 0.15) is 0 Å². The number of fused-ring (bicyclic) bond motifs is 1. The van der Waals surface area contributed by atoms with Gasteiger partial charge in [0.25, 0.3) is 0 Å². The van der Waals surface area contributed by atoms with Crippen LogP contribution in [0.3, 0.4) is 0 Å². The number of benzene rings is 1. The molecule has 0 atom stereocenters. The van der Waals surface area contributed by atoms with E-state index in [-0.39, 0.29) is 0 Å². The van der Waals surface area contributed by atoms with Crippen molar-refractivity contribution < 1.29 is 4.74 Å². The molecule has 0 spiro atoms. The van der Waals surface area contributed by atoms with Gasteiger partial charge in [0.05, 0.1) is 18.5 Å². The van der Waals surface area contributed by atoms with Crippen molar-refractivity contribution in [3.05, 3.63) is 48.8 Å². The zero-order valence-electron chi connectivity index (χ0n) is 10.00. The Morgan fingerprint density at radius 3 is 2.89 bits per heavy atom. The lowest BCUT2D eigenvalue weighted by molar-refractivity contribution is 0.417. The average molecular weight is 239 g/mol. The van der Waals surface area contributed by atoms with Crippen molar-refractivity contribution in [1.29, 1.82) is 0 Å². The number of methoxy groups -OCH3 is 1. The fourth-order valence-corrected chi connectivity index (χ4v) is 2.08. The molecule has 0 aliphatic heterocycles. The van der Waals surface area contributed by atoms with Crippen LogP contribution in [-0.2, 0) is 0 Å². The van der Waals surface area contributed by atoms with Gasteiger partial charge in [0.15, 0.2) is 0 Å². The van der Waals surface area contributed by atoms with Gasteiger partial charge < -0.3 is 10.5 Å². The zero-order valence-corrected chi connectivity index (χ0v) is 10.00. The van der Waals surface area contributed by atoms with Gasteiger partial charge >= 0.3 is 0 Å². The van der Waals surface area contributed by atoms with Crippen molar-refractivity contribution in [2.24, 2.45) is 0 Å². The summed E-state index contributed by atoms with van der Waals surface area (Å²) >= 11 is 0. The van der Waals surface area contributed by atoms with E-state index >= 15 is 0 Å². The second kappa shape index (κ2) is 4.07. The number of nitrogens with two attached hydrogens (primary N) is 1. The lowest BCUT2D eigenvalue weighted by Gasteiger charge is -2.09. The van der Waals surface area contributed by atoms with Crippen LogP contribution in [0.25, 0.3) is 16.9 Å². The highest BCUT2D eigenvalue weighted by atomic mass is 16.5. The van der Waals surface area contributed by atoms with Crippen LogP contribution in [-0.4, -0.2) is 16.5 Å². The summed E-state index contributed by atoms with van der Waals surface area (Å²) < 4.78 is 7.19. The molecule has 0 aliphatic rings. The molecule has 0 unspecified atom stereocenters. The highest BCUT2D eigenvalue weighted by molar-refractivity contribution is 5.70. The van der Waals surface area contributed by atoms with Crippen LogP contribution in [0.5, 0.6) is 5.75 Å². The van der Waals surface area contributed by atoms with Crippen molar-refractivity contribution in [3.8, 4) is 17.0 Å². The summed E-state index contributed by atoms with van der Waals surface area (Å²) in [5, 5.41) is 0. The zero-order chi connectivity index (χ0) is 12.5. The highest BCUT2D eigenvalue weighted by Crippen LogP contribution is 2.28. The maximum atomic E-state index is 5.94. The van der Waals surface area contributed by atoms with Crippen molar-refractivity contribution in [2.45, 2.75) is 0 Å². The fourth-order valence-electron chi connectivity index (χ4n) is 2.08. The van der Waals surface area contributed by atoms with Crippen LogP contribution in [0.4, 0.5) is 5.69 Å². The molecule has 0 amide bonds. The molecular formula is C14H13N3O. The van der Waals surface area contributed by atoms with Gasteiger partial charge in [-0.1, -0.05) is 6.07 Å². The number of ether oxygens (including phenoxy) is 1. The number of nitrogen functional groups attached to an aromatic ring is 1. The third kappa shape index (κ3) is 1.59. The molecule has 0 aliphatic carbocycles. The molecule has 18 heavy (non-hydrogen) atoms. The minimum atomic E-state index is 0.632. The largest absolute Gasteiger partial charge is 0.495 e. The summed E-state index contributed by atoms with van der Waals surface area (Å²) in [6.45, 7) is 0. The molecular weight excluding hydrogens is 226 g/mol. The van der Waals surface area contributed by atoms with E-state index in [1.54, 1.807) is 13.3 Å². The van der Waals surface area contributed by atoms with E-state index in [2.05, 4.69) is 4.98 Å². The summed E-state index contributed by atoms with van der Waals surface area (Å²) in [4.78, 5) is 4.27. The van der Waals surface area contributed by atoms with Crippen molar-refractivity contribution in [1.82, 2.24) is 9.38 Å². The topological polar surface area (TPSA) is 52.5 Å².